The number of rotatable bonds is 12. The maximum absolute atomic E-state index is 5.62. The van der Waals surface area contributed by atoms with Gasteiger partial charge in [0, 0.05) is 0 Å². The van der Waals surface area contributed by atoms with Crippen LogP contribution in [-0.4, -0.2) is 5.43 Å². The molecule has 0 N–H and O–H groups in total. The van der Waals surface area contributed by atoms with Crippen LogP contribution in [0.25, 0.3) is 43.8 Å². The van der Waals surface area contributed by atoms with Crippen molar-refractivity contribution in [2.75, 3.05) is 0 Å². The molecule has 4 heteroatoms. The van der Waals surface area contributed by atoms with E-state index in [9.17, 15) is 0 Å². The van der Waals surface area contributed by atoms with Gasteiger partial charge in [0.1, 0.15) is 0 Å². The van der Waals surface area contributed by atoms with Crippen LogP contribution in [0, 0.1) is 0 Å². The minimum absolute atomic E-state index is 0.224. The van der Waals surface area contributed by atoms with Crippen molar-refractivity contribution >= 4 is 44.0 Å². The molecule has 0 fully saturated rings. The van der Waals surface area contributed by atoms with E-state index in [1.807, 2.05) is 0 Å². The molecule has 6 rings (SSSR count). The summed E-state index contributed by atoms with van der Waals surface area (Å²) in [5, 5.41) is 5.55. The molecule has 0 atom stereocenters. The van der Waals surface area contributed by atoms with Crippen molar-refractivity contribution in [3.8, 4) is 22.3 Å². The molecule has 0 unspecified atom stereocenters. The average molecular weight is 771 g/mol. The SMILES string of the molecule is CCCCCCc1cc2c(-c3ccccc3)cccc2[cH-]1.CCCCCCc1cc2c(-c3ccccc3)cccc2[cH-]1.C[Si](C)=[Zr]([Cl])[Cl]. The zero-order valence-electron chi connectivity index (χ0n) is 29.4. The Morgan fingerprint density at radius 1 is 0.521 bits per heavy atom. The Balaban J connectivity index is 0.000000186. The molecular weight excluding hydrogens is 719 g/mol. The Hall–Kier alpha value is -2.22. The fourth-order valence-corrected chi connectivity index (χ4v) is 6.13. The van der Waals surface area contributed by atoms with Gasteiger partial charge >= 0.3 is 53.5 Å². The van der Waals surface area contributed by atoms with E-state index in [1.165, 1.54) is 119 Å². The van der Waals surface area contributed by atoms with Gasteiger partial charge in [-0.3, -0.25) is 0 Å². The Labute approximate surface area is 305 Å². The number of halogens is 2. The van der Waals surface area contributed by atoms with Gasteiger partial charge in [0.05, 0.1) is 0 Å². The summed E-state index contributed by atoms with van der Waals surface area (Å²) in [6.45, 7) is 8.87. The second-order valence-corrected chi connectivity index (χ2v) is 35.9. The monoisotopic (exact) mass is 768 g/mol. The van der Waals surface area contributed by atoms with E-state index in [2.05, 4.69) is 148 Å². The molecule has 48 heavy (non-hydrogen) atoms. The van der Waals surface area contributed by atoms with Crippen LogP contribution in [-0.2, 0) is 30.8 Å². The third-order valence-corrected chi connectivity index (χ3v) is 28.6. The van der Waals surface area contributed by atoms with E-state index in [4.69, 9.17) is 17.0 Å². The predicted octanol–water partition coefficient (Wildman–Crippen LogP) is 14.9. The zero-order valence-corrected chi connectivity index (χ0v) is 34.3. The number of hydrogen-bond acceptors (Lipinski definition) is 0. The molecule has 0 aliphatic rings. The summed E-state index contributed by atoms with van der Waals surface area (Å²) in [5.74, 6) is 0. The molecule has 0 bridgehead atoms. The summed E-state index contributed by atoms with van der Waals surface area (Å²) in [6.07, 6.45) is 13.1. The van der Waals surface area contributed by atoms with E-state index in [-0.39, 0.29) is 5.43 Å². The van der Waals surface area contributed by atoms with Crippen molar-refractivity contribution in [1.82, 2.24) is 0 Å². The zero-order chi connectivity index (χ0) is 34.1. The van der Waals surface area contributed by atoms with Gasteiger partial charge in [0.15, 0.2) is 0 Å². The second-order valence-electron chi connectivity index (χ2n) is 13.0. The molecule has 0 aromatic heterocycles. The van der Waals surface area contributed by atoms with E-state index in [0.717, 1.165) is 0 Å². The van der Waals surface area contributed by atoms with Gasteiger partial charge < -0.3 is 0 Å². The maximum atomic E-state index is 5.62. The number of aryl methyl sites for hydroxylation is 2. The number of unbranched alkanes of at least 4 members (excludes halogenated alkanes) is 6. The van der Waals surface area contributed by atoms with Gasteiger partial charge in [-0.25, -0.2) is 0 Å². The van der Waals surface area contributed by atoms with E-state index in [0.29, 0.717) is 0 Å². The van der Waals surface area contributed by atoms with E-state index >= 15 is 0 Å². The fraction of sp³-hybridized carbons (Fsp3) is 0.318. The first-order chi connectivity index (χ1) is 23.4. The molecule has 6 aromatic carbocycles. The summed E-state index contributed by atoms with van der Waals surface area (Å²) < 4.78 is 0. The van der Waals surface area contributed by atoms with Gasteiger partial charge in [-0.1, -0.05) is 149 Å². The molecule has 0 amide bonds. The van der Waals surface area contributed by atoms with Gasteiger partial charge in [0.25, 0.3) is 0 Å². The van der Waals surface area contributed by atoms with Crippen molar-refractivity contribution in [2.45, 2.75) is 91.1 Å². The number of benzene rings is 4. The van der Waals surface area contributed by atoms with Gasteiger partial charge in [-0.2, -0.15) is 12.1 Å². The van der Waals surface area contributed by atoms with Crippen molar-refractivity contribution in [1.29, 1.82) is 0 Å². The first-order valence-electron chi connectivity index (χ1n) is 17.9. The molecule has 0 aliphatic heterocycles. The molecule has 0 saturated heterocycles. The van der Waals surface area contributed by atoms with Gasteiger partial charge in [0.2, 0.25) is 0 Å². The van der Waals surface area contributed by atoms with Crippen LogP contribution < -0.4 is 0 Å². The first-order valence-corrected chi connectivity index (χ1v) is 30.4. The Morgan fingerprint density at radius 3 is 1.27 bits per heavy atom. The molecule has 0 radical (unpaired) electrons. The molecule has 6 aromatic rings. The predicted molar refractivity (Wildman–Crippen MR) is 215 cm³/mol. The number of hydrogen-bond donors (Lipinski definition) is 0. The molecule has 0 heterocycles. The summed E-state index contributed by atoms with van der Waals surface area (Å²) >= 11 is -1.65. The molecule has 252 valence electrons. The van der Waals surface area contributed by atoms with Crippen LogP contribution in [0.2, 0.25) is 13.1 Å². The van der Waals surface area contributed by atoms with Gasteiger partial charge in [-0.15, -0.1) is 69.1 Å². The normalized spacial score (nSPS) is 10.7. The summed E-state index contributed by atoms with van der Waals surface area (Å²) in [7, 11) is 11.2. The van der Waals surface area contributed by atoms with Crippen LogP contribution in [0.4, 0.5) is 0 Å². The van der Waals surface area contributed by atoms with Crippen LogP contribution in [0.5, 0.6) is 0 Å². The molecular formula is C44H52Cl2SiZr-2. The minimum atomic E-state index is -1.65. The number of fused-ring (bicyclic) bond motifs is 2. The van der Waals surface area contributed by atoms with Crippen molar-refractivity contribution in [3.63, 3.8) is 0 Å². The van der Waals surface area contributed by atoms with Gasteiger partial charge in [-0.05, 0) is 24.0 Å². The Bertz CT molecular complexity index is 1690. The Kier molecular flexibility index (Phi) is 17.0. The summed E-state index contributed by atoms with van der Waals surface area (Å²) in [5.41, 5.74) is 8.09. The van der Waals surface area contributed by atoms with Crippen molar-refractivity contribution in [3.05, 3.63) is 132 Å². The quantitative estimate of drug-likeness (QED) is 0.0660. The van der Waals surface area contributed by atoms with Crippen LogP contribution in [0.1, 0.15) is 76.3 Å². The molecule has 0 spiro atoms. The topological polar surface area (TPSA) is 0 Å². The van der Waals surface area contributed by atoms with Crippen LogP contribution in [0.3, 0.4) is 0 Å². The fourth-order valence-electron chi connectivity index (χ4n) is 6.13. The van der Waals surface area contributed by atoms with E-state index in [1.54, 1.807) is 0 Å². The third-order valence-electron chi connectivity index (χ3n) is 8.81. The van der Waals surface area contributed by atoms with Crippen molar-refractivity contribution in [2.24, 2.45) is 0 Å². The first kappa shape index (κ1) is 38.6. The summed E-state index contributed by atoms with van der Waals surface area (Å²) in [6, 6.07) is 44.2. The van der Waals surface area contributed by atoms with Crippen LogP contribution >= 0.6 is 17.0 Å². The average Bonchev–Trinajstić information content (AvgIpc) is 3.74. The van der Waals surface area contributed by atoms with Crippen molar-refractivity contribution < 1.29 is 18.0 Å². The summed E-state index contributed by atoms with van der Waals surface area (Å²) in [4.78, 5) is 0. The third kappa shape index (κ3) is 12.0. The standard InChI is InChI=1S/2C21H23.C2H6Si.2ClH.Zr/c2*1-2-3-4-6-10-17-15-19-13-9-14-20(21(19)16-17)18-11-7-5-8-12-18;1-3-2;;;/h2*5,7-9,11-16H,2-4,6,10H2,1H3;1-2H3;2*1H;/q2*-1;;;;+2/p-2. The molecule has 0 nitrogen and oxygen atoms in total. The second kappa shape index (κ2) is 21.1. The Morgan fingerprint density at radius 2 is 0.917 bits per heavy atom. The van der Waals surface area contributed by atoms with E-state index < -0.39 is 18.0 Å². The molecule has 0 aliphatic carbocycles. The molecule has 0 saturated carbocycles. The van der Waals surface area contributed by atoms with Crippen LogP contribution in [0.15, 0.2) is 121 Å².